The molecule has 82 valence electrons. The minimum Gasteiger partial charge on any atom is -0.497 e. The molecular formula is C12H10O4. The summed E-state index contributed by atoms with van der Waals surface area (Å²) in [7, 11) is 1.48. The molecule has 0 atom stereocenters. The van der Waals surface area contributed by atoms with Crippen LogP contribution in [0.2, 0.25) is 0 Å². The number of rotatable bonds is 3. The Kier molecular flexibility index (Phi) is 4.10. The zero-order chi connectivity index (χ0) is 12.0. The van der Waals surface area contributed by atoms with Crippen molar-refractivity contribution in [2.24, 2.45) is 0 Å². The molecule has 0 aliphatic carbocycles. The first-order valence-electron chi connectivity index (χ1n) is 4.53. The fourth-order valence-electron chi connectivity index (χ4n) is 1.13. The maximum Gasteiger partial charge on any atom is 0.336 e. The third-order valence-electron chi connectivity index (χ3n) is 1.87. The number of carbonyl (C=O) groups is 2. The number of carboxylic acid groups (broad SMARTS) is 1. The van der Waals surface area contributed by atoms with Crippen LogP contribution in [0.25, 0.3) is 0 Å². The van der Waals surface area contributed by atoms with Crippen LogP contribution in [-0.2, 0) is 4.79 Å². The summed E-state index contributed by atoms with van der Waals surface area (Å²) in [6.07, 6.45) is 0.740. The van der Waals surface area contributed by atoms with Crippen LogP contribution in [0.4, 0.5) is 0 Å². The zero-order valence-electron chi connectivity index (χ0n) is 8.69. The summed E-state index contributed by atoms with van der Waals surface area (Å²) in [6, 6.07) is 4.50. The van der Waals surface area contributed by atoms with Gasteiger partial charge in [-0.15, -0.1) is 0 Å². The Morgan fingerprint density at radius 3 is 2.88 bits per heavy atom. The van der Waals surface area contributed by atoms with Crippen LogP contribution in [-0.4, -0.2) is 24.5 Å². The van der Waals surface area contributed by atoms with E-state index in [-0.39, 0.29) is 12.0 Å². The van der Waals surface area contributed by atoms with Crippen LogP contribution >= 0.6 is 0 Å². The van der Waals surface area contributed by atoms with Crippen LogP contribution in [0.15, 0.2) is 18.2 Å². The number of benzene rings is 1. The molecule has 0 aromatic heterocycles. The topological polar surface area (TPSA) is 63.6 Å². The first kappa shape index (κ1) is 11.8. The Morgan fingerprint density at radius 2 is 2.31 bits per heavy atom. The average molecular weight is 218 g/mol. The summed E-state index contributed by atoms with van der Waals surface area (Å²) in [5.41, 5.74) is 0.438. The van der Waals surface area contributed by atoms with E-state index >= 15 is 0 Å². The van der Waals surface area contributed by atoms with Gasteiger partial charge in [0.2, 0.25) is 0 Å². The van der Waals surface area contributed by atoms with E-state index in [1.807, 2.05) is 0 Å². The first-order valence-corrected chi connectivity index (χ1v) is 4.53. The molecule has 0 saturated carbocycles. The van der Waals surface area contributed by atoms with Gasteiger partial charge in [-0.05, 0) is 18.2 Å². The smallest absolute Gasteiger partial charge is 0.336 e. The highest BCUT2D eigenvalue weighted by molar-refractivity contribution is 5.91. The lowest BCUT2D eigenvalue weighted by Crippen LogP contribution is -2.00. The van der Waals surface area contributed by atoms with Gasteiger partial charge in [0, 0.05) is 5.56 Å². The Morgan fingerprint density at radius 1 is 1.56 bits per heavy atom. The van der Waals surface area contributed by atoms with Gasteiger partial charge in [-0.25, -0.2) is 4.79 Å². The number of carboxylic acids is 1. The molecular weight excluding hydrogens is 208 g/mol. The second-order valence-corrected chi connectivity index (χ2v) is 2.89. The molecule has 1 aromatic carbocycles. The van der Waals surface area contributed by atoms with Crippen LogP contribution in [0.1, 0.15) is 22.3 Å². The standard InChI is InChI=1S/C12H10O4/c1-16-10-5-6-11(12(14)15)9(8-10)4-2-3-7-13/h5-8H,3H2,1H3,(H,14,15). The number of hydrogen-bond acceptors (Lipinski definition) is 3. The van der Waals surface area contributed by atoms with Crippen molar-refractivity contribution in [3.63, 3.8) is 0 Å². The summed E-state index contributed by atoms with van der Waals surface area (Å²) < 4.78 is 4.97. The second kappa shape index (κ2) is 5.56. The molecule has 1 rings (SSSR count). The van der Waals surface area contributed by atoms with Crippen molar-refractivity contribution in [3.8, 4) is 17.6 Å². The minimum atomic E-state index is -1.06. The van der Waals surface area contributed by atoms with Gasteiger partial charge in [-0.3, -0.25) is 0 Å². The van der Waals surface area contributed by atoms with E-state index in [1.54, 1.807) is 6.07 Å². The molecule has 0 bridgehead atoms. The number of ether oxygens (including phenoxy) is 1. The van der Waals surface area contributed by atoms with E-state index in [4.69, 9.17) is 9.84 Å². The SMILES string of the molecule is COc1ccc(C(=O)O)c(C#CCC=O)c1. The monoisotopic (exact) mass is 218 g/mol. The van der Waals surface area contributed by atoms with Crippen molar-refractivity contribution < 1.29 is 19.4 Å². The molecule has 4 heteroatoms. The van der Waals surface area contributed by atoms with E-state index in [1.165, 1.54) is 19.2 Å². The Balaban J connectivity index is 3.16. The molecule has 0 spiro atoms. The van der Waals surface area contributed by atoms with Gasteiger partial charge < -0.3 is 14.6 Å². The quantitative estimate of drug-likeness (QED) is 0.614. The zero-order valence-corrected chi connectivity index (χ0v) is 8.69. The fraction of sp³-hybridized carbons (Fsp3) is 0.167. The Labute approximate surface area is 92.9 Å². The summed E-state index contributed by atoms with van der Waals surface area (Å²) in [4.78, 5) is 21.0. The molecule has 0 unspecified atom stereocenters. The van der Waals surface area contributed by atoms with Gasteiger partial charge in [0.05, 0.1) is 19.1 Å². The van der Waals surface area contributed by atoms with Gasteiger partial charge in [0.15, 0.2) is 0 Å². The van der Waals surface area contributed by atoms with Gasteiger partial charge >= 0.3 is 5.97 Å². The normalized spacial score (nSPS) is 8.81. The highest BCUT2D eigenvalue weighted by Crippen LogP contribution is 2.16. The van der Waals surface area contributed by atoms with Crippen molar-refractivity contribution in [1.29, 1.82) is 0 Å². The predicted octanol–water partition coefficient (Wildman–Crippen LogP) is 1.33. The highest BCUT2D eigenvalue weighted by atomic mass is 16.5. The summed E-state index contributed by atoms with van der Waals surface area (Å²) in [6.45, 7) is 0. The first-order chi connectivity index (χ1) is 7.69. The number of aromatic carboxylic acids is 1. The van der Waals surface area contributed by atoms with Crippen molar-refractivity contribution in [3.05, 3.63) is 29.3 Å². The third-order valence-corrected chi connectivity index (χ3v) is 1.87. The summed E-state index contributed by atoms with van der Waals surface area (Å²) in [5, 5.41) is 8.91. The molecule has 1 aromatic rings. The highest BCUT2D eigenvalue weighted by Gasteiger charge is 2.08. The molecule has 4 nitrogen and oxygen atoms in total. The average Bonchev–Trinajstić information content (AvgIpc) is 2.29. The number of aldehydes is 1. The van der Waals surface area contributed by atoms with Gasteiger partial charge in [-0.2, -0.15) is 0 Å². The Bertz CT molecular complexity index is 466. The molecule has 0 aliphatic heterocycles. The molecule has 0 saturated heterocycles. The van der Waals surface area contributed by atoms with Crippen LogP contribution < -0.4 is 4.74 Å². The largest absolute Gasteiger partial charge is 0.497 e. The van der Waals surface area contributed by atoms with E-state index in [0.717, 1.165) is 0 Å². The van der Waals surface area contributed by atoms with Crippen LogP contribution in [0.3, 0.4) is 0 Å². The lowest BCUT2D eigenvalue weighted by atomic mass is 10.1. The number of methoxy groups -OCH3 is 1. The van der Waals surface area contributed by atoms with Crippen LogP contribution in [0, 0.1) is 11.8 Å². The molecule has 0 radical (unpaired) electrons. The van der Waals surface area contributed by atoms with Crippen molar-refractivity contribution in [2.75, 3.05) is 7.11 Å². The van der Waals surface area contributed by atoms with Crippen LogP contribution in [0.5, 0.6) is 5.75 Å². The summed E-state index contributed by atoms with van der Waals surface area (Å²) in [5.74, 6) is 4.66. The minimum absolute atomic E-state index is 0.0796. The maximum absolute atomic E-state index is 10.9. The third kappa shape index (κ3) is 2.85. The molecule has 0 fully saturated rings. The lowest BCUT2D eigenvalue weighted by molar-refractivity contribution is -0.107. The van der Waals surface area contributed by atoms with Gasteiger partial charge in [0.1, 0.15) is 12.0 Å². The number of hydrogen-bond donors (Lipinski definition) is 1. The fourth-order valence-corrected chi connectivity index (χ4v) is 1.13. The molecule has 1 N–H and O–H groups in total. The molecule has 0 aliphatic rings. The molecule has 0 amide bonds. The maximum atomic E-state index is 10.9. The van der Waals surface area contributed by atoms with Crippen molar-refractivity contribution in [1.82, 2.24) is 0 Å². The number of carbonyl (C=O) groups excluding carboxylic acids is 1. The Hall–Kier alpha value is -2.28. The second-order valence-electron chi connectivity index (χ2n) is 2.89. The van der Waals surface area contributed by atoms with E-state index in [2.05, 4.69) is 11.8 Å². The van der Waals surface area contributed by atoms with Gasteiger partial charge in [0.25, 0.3) is 0 Å². The van der Waals surface area contributed by atoms with Crippen molar-refractivity contribution >= 4 is 12.3 Å². The van der Waals surface area contributed by atoms with E-state index < -0.39 is 5.97 Å². The summed E-state index contributed by atoms with van der Waals surface area (Å²) >= 11 is 0. The molecule has 16 heavy (non-hydrogen) atoms. The van der Waals surface area contributed by atoms with Crippen molar-refractivity contribution in [2.45, 2.75) is 6.42 Å². The van der Waals surface area contributed by atoms with E-state index in [9.17, 15) is 9.59 Å². The lowest BCUT2D eigenvalue weighted by Gasteiger charge is -2.02. The predicted molar refractivity (Wildman–Crippen MR) is 57.5 cm³/mol. The van der Waals surface area contributed by atoms with Gasteiger partial charge in [-0.1, -0.05) is 11.8 Å². The van der Waals surface area contributed by atoms with E-state index in [0.29, 0.717) is 17.6 Å². The molecule has 0 heterocycles.